The average molecular weight is 237 g/mol. The van der Waals surface area contributed by atoms with Crippen LogP contribution in [-0.4, -0.2) is 42.5 Å². The molecule has 0 spiro atoms. The lowest BCUT2D eigenvalue weighted by atomic mass is 9.94. The summed E-state index contributed by atoms with van der Waals surface area (Å²) in [7, 11) is 1.83. The minimum atomic E-state index is -0.651. The summed E-state index contributed by atoms with van der Waals surface area (Å²) in [5.41, 5.74) is 0.311. The topological polar surface area (TPSA) is 66.4 Å². The van der Waals surface area contributed by atoms with E-state index in [4.69, 9.17) is 4.74 Å². The van der Waals surface area contributed by atoms with Crippen molar-refractivity contribution in [1.82, 2.24) is 4.98 Å². The lowest BCUT2D eigenvalue weighted by Gasteiger charge is -2.32. The molecule has 5 nitrogen and oxygen atoms in total. The number of aliphatic hydroxyl groups is 1. The Morgan fingerprint density at radius 2 is 2.24 bits per heavy atom. The molecule has 1 aliphatic heterocycles. The molecule has 0 unspecified atom stereocenters. The number of nitrogens with one attached hydrogen (secondary N) is 2. The van der Waals surface area contributed by atoms with E-state index in [1.807, 2.05) is 19.2 Å². The van der Waals surface area contributed by atoms with E-state index in [-0.39, 0.29) is 0 Å². The van der Waals surface area contributed by atoms with Crippen LogP contribution >= 0.6 is 0 Å². The first kappa shape index (κ1) is 12.1. The highest BCUT2D eigenvalue weighted by molar-refractivity contribution is 5.51. The van der Waals surface area contributed by atoms with Crippen LogP contribution < -0.4 is 10.6 Å². The van der Waals surface area contributed by atoms with E-state index >= 15 is 0 Å². The third-order valence-corrected chi connectivity index (χ3v) is 3.06. The van der Waals surface area contributed by atoms with Crippen LogP contribution in [0.1, 0.15) is 12.8 Å². The summed E-state index contributed by atoms with van der Waals surface area (Å²) < 4.78 is 5.25. The molecule has 0 amide bonds. The molecule has 0 saturated carbocycles. The van der Waals surface area contributed by atoms with Crippen LogP contribution in [0.3, 0.4) is 0 Å². The maximum atomic E-state index is 10.3. The molecule has 0 bridgehead atoms. The van der Waals surface area contributed by atoms with Crippen molar-refractivity contribution in [1.29, 1.82) is 0 Å². The van der Waals surface area contributed by atoms with Crippen molar-refractivity contribution in [2.45, 2.75) is 18.4 Å². The van der Waals surface area contributed by atoms with Crippen LogP contribution in [0, 0.1) is 0 Å². The van der Waals surface area contributed by atoms with Crippen LogP contribution in [0.25, 0.3) is 0 Å². The second-order valence-electron chi connectivity index (χ2n) is 4.37. The van der Waals surface area contributed by atoms with E-state index in [0.29, 0.717) is 32.6 Å². The summed E-state index contributed by atoms with van der Waals surface area (Å²) in [6.45, 7) is 1.82. The Bertz CT molecular complexity index is 365. The maximum absolute atomic E-state index is 10.3. The first-order chi connectivity index (χ1) is 8.22. The summed E-state index contributed by atoms with van der Waals surface area (Å²) in [6, 6.07) is 3.81. The molecule has 1 aliphatic rings. The van der Waals surface area contributed by atoms with Gasteiger partial charge < -0.3 is 20.5 Å². The minimum absolute atomic E-state index is 0.545. The number of aromatic nitrogens is 1. The van der Waals surface area contributed by atoms with Gasteiger partial charge in [-0.05, 0) is 6.07 Å². The lowest BCUT2D eigenvalue weighted by Crippen LogP contribution is -2.42. The Balaban J connectivity index is 1.92. The van der Waals surface area contributed by atoms with Gasteiger partial charge in [-0.1, -0.05) is 0 Å². The van der Waals surface area contributed by atoms with E-state index in [9.17, 15) is 5.11 Å². The number of ether oxygens (including phenoxy) is 1. The Morgan fingerprint density at radius 3 is 2.94 bits per heavy atom. The second-order valence-corrected chi connectivity index (χ2v) is 4.37. The molecule has 0 radical (unpaired) electrons. The summed E-state index contributed by atoms with van der Waals surface area (Å²) >= 11 is 0. The molecule has 0 atom stereocenters. The van der Waals surface area contributed by atoms with E-state index < -0.39 is 5.60 Å². The highest BCUT2D eigenvalue weighted by Crippen LogP contribution is 2.21. The number of rotatable bonds is 4. The molecule has 1 fully saturated rings. The van der Waals surface area contributed by atoms with Gasteiger partial charge in [-0.25, -0.2) is 4.98 Å². The number of hydrogen-bond acceptors (Lipinski definition) is 5. The number of hydrogen-bond donors (Lipinski definition) is 3. The van der Waals surface area contributed by atoms with Crippen LogP contribution in [0.5, 0.6) is 0 Å². The van der Waals surface area contributed by atoms with Crippen molar-refractivity contribution in [2.24, 2.45) is 0 Å². The van der Waals surface area contributed by atoms with Gasteiger partial charge in [-0.15, -0.1) is 0 Å². The quantitative estimate of drug-likeness (QED) is 0.731. The van der Waals surface area contributed by atoms with Crippen molar-refractivity contribution in [3.63, 3.8) is 0 Å². The SMILES string of the molecule is CNc1cc(NCC2(O)CCOCC2)ccn1. The van der Waals surface area contributed by atoms with Crippen LogP contribution in [-0.2, 0) is 4.74 Å². The summed E-state index contributed by atoms with van der Waals surface area (Å²) in [6.07, 6.45) is 3.11. The zero-order valence-electron chi connectivity index (χ0n) is 10.1. The van der Waals surface area contributed by atoms with Gasteiger partial charge in [0.25, 0.3) is 0 Å². The van der Waals surface area contributed by atoms with Gasteiger partial charge in [0.2, 0.25) is 0 Å². The fourth-order valence-electron chi connectivity index (χ4n) is 1.87. The zero-order valence-corrected chi connectivity index (χ0v) is 10.1. The standard InChI is InChI=1S/C12H19N3O2/c1-13-11-8-10(2-5-14-11)15-9-12(16)3-6-17-7-4-12/h2,5,8,16H,3-4,6-7,9H2,1H3,(H2,13,14,15). The average Bonchev–Trinajstić information content (AvgIpc) is 2.38. The van der Waals surface area contributed by atoms with Crippen LogP contribution in [0.2, 0.25) is 0 Å². The Morgan fingerprint density at radius 1 is 1.47 bits per heavy atom. The van der Waals surface area contributed by atoms with E-state index in [1.165, 1.54) is 0 Å². The molecule has 17 heavy (non-hydrogen) atoms. The predicted molar refractivity (Wildman–Crippen MR) is 67.3 cm³/mol. The lowest BCUT2D eigenvalue weighted by molar-refractivity contribution is -0.0543. The fourth-order valence-corrected chi connectivity index (χ4v) is 1.87. The van der Waals surface area contributed by atoms with Crippen molar-refractivity contribution < 1.29 is 9.84 Å². The second kappa shape index (κ2) is 5.33. The highest BCUT2D eigenvalue weighted by Gasteiger charge is 2.29. The molecule has 0 aromatic carbocycles. The van der Waals surface area contributed by atoms with Crippen molar-refractivity contribution in [3.8, 4) is 0 Å². The molecule has 5 heteroatoms. The molecular weight excluding hydrogens is 218 g/mol. The first-order valence-electron chi connectivity index (χ1n) is 5.90. The third kappa shape index (κ3) is 3.31. The number of pyridine rings is 1. The monoisotopic (exact) mass is 237 g/mol. The smallest absolute Gasteiger partial charge is 0.127 e. The van der Waals surface area contributed by atoms with Crippen LogP contribution in [0.4, 0.5) is 11.5 Å². The molecule has 1 aromatic heterocycles. The molecule has 3 N–H and O–H groups in total. The first-order valence-corrected chi connectivity index (χ1v) is 5.90. The van der Waals surface area contributed by atoms with E-state index in [0.717, 1.165) is 11.5 Å². The number of nitrogens with zero attached hydrogens (tertiary/aromatic N) is 1. The molecule has 0 aliphatic carbocycles. The maximum Gasteiger partial charge on any atom is 0.127 e. The van der Waals surface area contributed by atoms with Gasteiger partial charge in [0, 0.05) is 57.6 Å². The van der Waals surface area contributed by atoms with Gasteiger partial charge in [0.1, 0.15) is 5.82 Å². The minimum Gasteiger partial charge on any atom is -0.388 e. The van der Waals surface area contributed by atoms with Gasteiger partial charge >= 0.3 is 0 Å². The van der Waals surface area contributed by atoms with Crippen molar-refractivity contribution >= 4 is 11.5 Å². The third-order valence-electron chi connectivity index (χ3n) is 3.06. The predicted octanol–water partition coefficient (Wildman–Crippen LogP) is 1.08. The van der Waals surface area contributed by atoms with Crippen molar-refractivity contribution in [3.05, 3.63) is 18.3 Å². The molecule has 2 rings (SSSR count). The normalized spacial score (nSPS) is 18.7. The Hall–Kier alpha value is -1.33. The molecular formula is C12H19N3O2. The van der Waals surface area contributed by atoms with Gasteiger partial charge in [-0.2, -0.15) is 0 Å². The summed E-state index contributed by atoms with van der Waals surface area (Å²) in [5, 5.41) is 16.5. The molecule has 1 saturated heterocycles. The molecule has 2 heterocycles. The largest absolute Gasteiger partial charge is 0.388 e. The highest BCUT2D eigenvalue weighted by atomic mass is 16.5. The van der Waals surface area contributed by atoms with Crippen molar-refractivity contribution in [2.75, 3.05) is 37.4 Å². The molecule has 94 valence electrons. The van der Waals surface area contributed by atoms with E-state index in [2.05, 4.69) is 15.6 Å². The number of anilines is 2. The Kier molecular flexibility index (Phi) is 3.81. The summed E-state index contributed by atoms with van der Waals surface area (Å²) in [5.74, 6) is 0.814. The van der Waals surface area contributed by atoms with Crippen LogP contribution in [0.15, 0.2) is 18.3 Å². The van der Waals surface area contributed by atoms with E-state index in [1.54, 1.807) is 6.20 Å². The van der Waals surface area contributed by atoms with Gasteiger partial charge in [-0.3, -0.25) is 0 Å². The van der Waals surface area contributed by atoms with Gasteiger partial charge in [0.15, 0.2) is 0 Å². The molecule has 1 aromatic rings. The fraction of sp³-hybridized carbons (Fsp3) is 0.583. The summed E-state index contributed by atoms with van der Waals surface area (Å²) in [4.78, 5) is 4.14. The van der Waals surface area contributed by atoms with Gasteiger partial charge in [0.05, 0.1) is 5.60 Å². The zero-order chi connectivity index (χ0) is 12.1. The Labute approximate surface area is 101 Å².